The molecule has 3 N–H and O–H groups in total. The Bertz CT molecular complexity index is 645. The number of benzene rings is 1. The van der Waals surface area contributed by atoms with Crippen molar-refractivity contribution in [2.24, 2.45) is 0 Å². The maximum absolute atomic E-state index is 12.0. The lowest BCUT2D eigenvalue weighted by Crippen LogP contribution is -3.28. The first-order valence-electron chi connectivity index (χ1n) is 8.95. The van der Waals surface area contributed by atoms with Crippen LogP contribution in [0.4, 0.5) is 0 Å². The van der Waals surface area contributed by atoms with Gasteiger partial charge >= 0.3 is 0 Å². The van der Waals surface area contributed by atoms with Gasteiger partial charge in [0.1, 0.15) is 37.7 Å². The molecular formula is C18H28N4OS+2. The predicted octanol–water partition coefficient (Wildman–Crippen LogP) is -0.506. The van der Waals surface area contributed by atoms with Crippen LogP contribution in [0.5, 0.6) is 0 Å². The van der Waals surface area contributed by atoms with Gasteiger partial charge in [-0.25, -0.2) is 4.98 Å². The Morgan fingerprint density at radius 1 is 1.25 bits per heavy atom. The standard InChI is InChI=1S/C18H26N4OS/c1-3-14(2)19-17(23)12-21-8-10-22(11-9-21)13-18-20-15-6-4-5-7-16(15)24-18/h4-7,14H,3,8-13H2,1-2H3,(H,19,23)/p+2/t14-/m0/s1. The van der Waals surface area contributed by atoms with Crippen LogP contribution in [0.2, 0.25) is 0 Å². The molecule has 1 amide bonds. The van der Waals surface area contributed by atoms with Crippen LogP contribution in [-0.2, 0) is 11.3 Å². The van der Waals surface area contributed by atoms with Gasteiger partial charge in [-0.15, -0.1) is 11.3 Å². The molecule has 130 valence electrons. The molecule has 5 nitrogen and oxygen atoms in total. The molecule has 1 fully saturated rings. The van der Waals surface area contributed by atoms with Crippen LogP contribution in [0.1, 0.15) is 25.3 Å². The van der Waals surface area contributed by atoms with Crippen molar-refractivity contribution in [1.82, 2.24) is 10.3 Å². The average molecular weight is 349 g/mol. The highest BCUT2D eigenvalue weighted by Gasteiger charge is 2.25. The molecule has 0 bridgehead atoms. The molecule has 24 heavy (non-hydrogen) atoms. The molecule has 1 saturated heterocycles. The monoisotopic (exact) mass is 348 g/mol. The molecule has 1 aromatic heterocycles. The summed E-state index contributed by atoms with van der Waals surface area (Å²) in [5, 5.41) is 4.29. The van der Waals surface area contributed by atoms with Gasteiger partial charge in [0.25, 0.3) is 5.91 Å². The second kappa shape index (κ2) is 8.05. The van der Waals surface area contributed by atoms with Crippen LogP contribution in [0.25, 0.3) is 10.2 Å². The zero-order chi connectivity index (χ0) is 16.9. The Morgan fingerprint density at radius 3 is 2.67 bits per heavy atom. The molecule has 1 aliphatic heterocycles. The van der Waals surface area contributed by atoms with Crippen molar-refractivity contribution in [2.45, 2.75) is 32.9 Å². The molecular weight excluding hydrogens is 320 g/mol. The zero-order valence-electron chi connectivity index (χ0n) is 14.6. The summed E-state index contributed by atoms with van der Waals surface area (Å²) >= 11 is 1.81. The zero-order valence-corrected chi connectivity index (χ0v) is 15.4. The fourth-order valence-electron chi connectivity index (χ4n) is 3.18. The first kappa shape index (κ1) is 17.3. The molecule has 3 rings (SSSR count). The third-order valence-corrected chi connectivity index (χ3v) is 5.87. The fraction of sp³-hybridized carbons (Fsp3) is 0.556. The van der Waals surface area contributed by atoms with Crippen LogP contribution < -0.4 is 15.1 Å². The Morgan fingerprint density at radius 2 is 1.96 bits per heavy atom. The number of hydrogen-bond donors (Lipinski definition) is 3. The quantitative estimate of drug-likeness (QED) is 0.659. The Hall–Kier alpha value is -1.50. The van der Waals surface area contributed by atoms with E-state index in [0.29, 0.717) is 6.54 Å². The molecule has 2 aromatic rings. The van der Waals surface area contributed by atoms with Crippen molar-refractivity contribution < 1.29 is 14.6 Å². The summed E-state index contributed by atoms with van der Waals surface area (Å²) < 4.78 is 1.28. The molecule has 1 aromatic carbocycles. The molecule has 0 aliphatic carbocycles. The van der Waals surface area contributed by atoms with Crippen molar-refractivity contribution >= 4 is 27.5 Å². The first-order chi connectivity index (χ1) is 11.6. The molecule has 1 aliphatic rings. The maximum Gasteiger partial charge on any atom is 0.275 e. The van der Waals surface area contributed by atoms with Crippen LogP contribution >= 0.6 is 11.3 Å². The third kappa shape index (κ3) is 4.53. The van der Waals surface area contributed by atoms with E-state index in [1.165, 1.54) is 14.6 Å². The van der Waals surface area contributed by atoms with Crippen LogP contribution in [0, 0.1) is 0 Å². The number of rotatable bonds is 6. The Kier molecular flexibility index (Phi) is 5.81. The molecule has 1 atom stereocenters. The number of nitrogens with one attached hydrogen (secondary N) is 3. The topological polar surface area (TPSA) is 50.9 Å². The van der Waals surface area contributed by atoms with Gasteiger partial charge in [0.2, 0.25) is 0 Å². The second-order valence-corrected chi connectivity index (χ2v) is 7.92. The SMILES string of the molecule is CC[C@H](C)NC(=O)C[NH+]1CC[NH+](Cc2nc3ccccc3s2)CC1. The largest absolute Gasteiger partial charge is 0.349 e. The normalized spacial score (nSPS) is 22.4. The van der Waals surface area contributed by atoms with Crippen LogP contribution in [-0.4, -0.2) is 49.7 Å². The smallest absolute Gasteiger partial charge is 0.275 e. The molecule has 0 radical (unpaired) electrons. The molecule has 0 spiro atoms. The van der Waals surface area contributed by atoms with E-state index in [-0.39, 0.29) is 11.9 Å². The van der Waals surface area contributed by atoms with Gasteiger partial charge < -0.3 is 15.1 Å². The summed E-state index contributed by atoms with van der Waals surface area (Å²) in [5.41, 5.74) is 1.11. The number of piperazine rings is 1. The highest BCUT2D eigenvalue weighted by atomic mass is 32.1. The summed E-state index contributed by atoms with van der Waals surface area (Å²) in [5.74, 6) is 0.189. The average Bonchev–Trinajstić information content (AvgIpc) is 2.98. The Balaban J connectivity index is 1.46. The Labute approximate surface area is 147 Å². The lowest BCUT2D eigenvalue weighted by molar-refractivity contribution is -1.02. The highest BCUT2D eigenvalue weighted by Crippen LogP contribution is 2.20. The van der Waals surface area contributed by atoms with E-state index in [1.54, 1.807) is 4.90 Å². The lowest BCUT2D eigenvalue weighted by atomic mass is 10.2. The first-order valence-corrected chi connectivity index (χ1v) is 9.76. The number of hydrogen-bond acceptors (Lipinski definition) is 3. The lowest BCUT2D eigenvalue weighted by Gasteiger charge is -2.29. The van der Waals surface area contributed by atoms with Gasteiger partial charge in [-0.05, 0) is 25.5 Å². The number of nitrogens with zero attached hydrogens (tertiary/aromatic N) is 1. The number of thiazole rings is 1. The van der Waals surface area contributed by atoms with Gasteiger partial charge in [0, 0.05) is 6.04 Å². The van der Waals surface area contributed by atoms with Crippen molar-refractivity contribution in [3.8, 4) is 0 Å². The molecule has 2 heterocycles. The van der Waals surface area contributed by atoms with Gasteiger partial charge in [-0.3, -0.25) is 4.79 Å². The summed E-state index contributed by atoms with van der Waals surface area (Å²) in [6.07, 6.45) is 0.987. The predicted molar refractivity (Wildman–Crippen MR) is 97.5 cm³/mol. The minimum atomic E-state index is 0.189. The van der Waals surface area contributed by atoms with Crippen molar-refractivity contribution in [1.29, 1.82) is 0 Å². The number of fused-ring (bicyclic) bond motifs is 1. The molecule has 6 heteroatoms. The van der Waals surface area contributed by atoms with E-state index < -0.39 is 0 Å². The number of quaternary nitrogens is 2. The number of carbonyl (C=O) groups is 1. The van der Waals surface area contributed by atoms with Crippen LogP contribution in [0.3, 0.4) is 0 Å². The number of carbonyl (C=O) groups excluding carboxylic acids is 1. The minimum absolute atomic E-state index is 0.189. The fourth-order valence-corrected chi connectivity index (χ4v) is 4.21. The molecule has 0 saturated carbocycles. The van der Waals surface area contributed by atoms with E-state index in [0.717, 1.165) is 44.7 Å². The van der Waals surface area contributed by atoms with Gasteiger partial charge in [-0.2, -0.15) is 0 Å². The number of aromatic nitrogens is 1. The highest BCUT2D eigenvalue weighted by molar-refractivity contribution is 7.18. The number of para-hydroxylation sites is 1. The van der Waals surface area contributed by atoms with E-state index in [9.17, 15) is 4.79 Å². The van der Waals surface area contributed by atoms with Crippen molar-refractivity contribution in [3.05, 3.63) is 29.3 Å². The summed E-state index contributed by atoms with van der Waals surface area (Å²) in [4.78, 5) is 19.7. The third-order valence-electron chi connectivity index (χ3n) is 4.83. The van der Waals surface area contributed by atoms with Gasteiger partial charge in [-0.1, -0.05) is 19.1 Å². The van der Waals surface area contributed by atoms with Gasteiger partial charge in [0.05, 0.1) is 10.2 Å². The van der Waals surface area contributed by atoms with Crippen LogP contribution in [0.15, 0.2) is 24.3 Å². The van der Waals surface area contributed by atoms with Gasteiger partial charge in [0.15, 0.2) is 6.54 Å². The minimum Gasteiger partial charge on any atom is -0.349 e. The summed E-state index contributed by atoms with van der Waals surface area (Å²) in [7, 11) is 0. The van der Waals surface area contributed by atoms with E-state index in [4.69, 9.17) is 4.98 Å². The van der Waals surface area contributed by atoms with E-state index in [2.05, 4.69) is 37.4 Å². The van der Waals surface area contributed by atoms with Crippen molar-refractivity contribution in [3.63, 3.8) is 0 Å². The summed E-state index contributed by atoms with van der Waals surface area (Å²) in [6.45, 7) is 10.1. The van der Waals surface area contributed by atoms with E-state index in [1.807, 2.05) is 17.4 Å². The summed E-state index contributed by atoms with van der Waals surface area (Å²) in [6, 6.07) is 8.63. The number of amides is 1. The molecule has 0 unspecified atom stereocenters. The maximum atomic E-state index is 12.0. The van der Waals surface area contributed by atoms with E-state index >= 15 is 0 Å². The van der Waals surface area contributed by atoms with Crippen molar-refractivity contribution in [2.75, 3.05) is 32.7 Å². The second-order valence-electron chi connectivity index (χ2n) is 6.81.